The van der Waals surface area contributed by atoms with Crippen LogP contribution in [-0.4, -0.2) is 33.7 Å². The van der Waals surface area contributed by atoms with Gasteiger partial charge in [-0.25, -0.2) is 0 Å². The molecule has 2 heterocycles. The van der Waals surface area contributed by atoms with Crippen LogP contribution in [0, 0.1) is 0 Å². The molecule has 0 aromatic carbocycles. The number of hydrogen-bond donors (Lipinski definition) is 1. The number of likely N-dealkylation sites (tertiary alicyclic amines) is 1. The average molecular weight is 251 g/mol. The summed E-state index contributed by atoms with van der Waals surface area (Å²) in [6.45, 7) is 3.61. The van der Waals surface area contributed by atoms with Gasteiger partial charge in [-0.2, -0.15) is 0 Å². The molecule has 2 rings (SSSR count). The first kappa shape index (κ1) is 12.9. The molecule has 1 saturated heterocycles. The highest BCUT2D eigenvalue weighted by molar-refractivity contribution is 5.76. The van der Waals surface area contributed by atoms with Gasteiger partial charge in [-0.05, 0) is 19.3 Å². The first-order valence-electron chi connectivity index (χ1n) is 6.65. The molecule has 1 aromatic heterocycles. The van der Waals surface area contributed by atoms with Crippen molar-refractivity contribution >= 4 is 5.91 Å². The van der Waals surface area contributed by atoms with E-state index in [0.29, 0.717) is 6.42 Å². The zero-order valence-electron chi connectivity index (χ0n) is 11.1. The van der Waals surface area contributed by atoms with Gasteiger partial charge >= 0.3 is 0 Å². The number of aryl methyl sites for hydroxylation is 1. The van der Waals surface area contributed by atoms with E-state index in [0.717, 1.165) is 38.0 Å². The number of amides is 1. The molecule has 0 bridgehead atoms. The predicted octanol–water partition coefficient (Wildman–Crippen LogP) is 1.22. The second kappa shape index (κ2) is 5.42. The van der Waals surface area contributed by atoms with Crippen LogP contribution in [0.1, 0.15) is 44.2 Å². The summed E-state index contributed by atoms with van der Waals surface area (Å²) in [5, 5.41) is 3.07. The van der Waals surface area contributed by atoms with Crippen LogP contribution in [0.5, 0.6) is 0 Å². The second-order valence-corrected chi connectivity index (χ2v) is 5.04. The lowest BCUT2D eigenvalue weighted by atomic mass is 9.94. The summed E-state index contributed by atoms with van der Waals surface area (Å²) in [5.41, 5.74) is 0.943. The third kappa shape index (κ3) is 2.66. The molecule has 1 aliphatic rings. The molecule has 5 heteroatoms. The summed E-state index contributed by atoms with van der Waals surface area (Å²) < 4.78 is 1.49. The molecule has 100 valence electrons. The molecular formula is C13H21N3O2. The summed E-state index contributed by atoms with van der Waals surface area (Å²) >= 11 is 0. The highest BCUT2D eigenvalue weighted by atomic mass is 16.2. The van der Waals surface area contributed by atoms with Crippen molar-refractivity contribution in [3.63, 3.8) is 0 Å². The maximum Gasteiger partial charge on any atom is 0.266 e. The molecule has 1 N–H and O–H groups in total. The van der Waals surface area contributed by atoms with Gasteiger partial charge in [0.2, 0.25) is 5.91 Å². The highest BCUT2D eigenvalue weighted by Gasteiger charge is 2.25. The van der Waals surface area contributed by atoms with Crippen LogP contribution >= 0.6 is 0 Å². The Morgan fingerprint density at radius 1 is 1.56 bits per heavy atom. The van der Waals surface area contributed by atoms with E-state index in [-0.39, 0.29) is 17.4 Å². The third-order valence-electron chi connectivity index (χ3n) is 3.58. The van der Waals surface area contributed by atoms with Crippen molar-refractivity contribution in [3.05, 3.63) is 22.1 Å². The van der Waals surface area contributed by atoms with Crippen LogP contribution in [0.4, 0.5) is 0 Å². The van der Waals surface area contributed by atoms with Gasteiger partial charge in [0.1, 0.15) is 0 Å². The van der Waals surface area contributed by atoms with Crippen LogP contribution < -0.4 is 5.56 Å². The van der Waals surface area contributed by atoms with E-state index in [1.54, 1.807) is 13.1 Å². The maximum atomic E-state index is 11.9. The van der Waals surface area contributed by atoms with Crippen molar-refractivity contribution in [2.45, 2.75) is 38.5 Å². The summed E-state index contributed by atoms with van der Waals surface area (Å²) in [6, 6.07) is 1.65. The van der Waals surface area contributed by atoms with Crippen LogP contribution in [0.2, 0.25) is 0 Å². The Morgan fingerprint density at radius 3 is 2.94 bits per heavy atom. The summed E-state index contributed by atoms with van der Waals surface area (Å²) in [5.74, 6) is 0.508. The average Bonchev–Trinajstić information content (AvgIpc) is 2.70. The Bertz CT molecular complexity index is 475. The first-order valence-corrected chi connectivity index (χ1v) is 6.65. The van der Waals surface area contributed by atoms with Gasteiger partial charge in [0.25, 0.3) is 5.56 Å². The van der Waals surface area contributed by atoms with E-state index >= 15 is 0 Å². The lowest BCUT2D eigenvalue weighted by Gasteiger charge is -2.32. The largest absolute Gasteiger partial charge is 0.342 e. The number of rotatable bonds is 3. The van der Waals surface area contributed by atoms with Crippen molar-refractivity contribution in [1.82, 2.24) is 14.7 Å². The standard InChI is InChI=1S/C13H21N3O2/c1-3-5-12(17)16-7-4-6-10(9-16)11-8-13(18)15(2)14-11/h8,10,14H,3-7,9H2,1-2H3. The van der Waals surface area contributed by atoms with Gasteiger partial charge < -0.3 is 4.90 Å². The Balaban J connectivity index is 2.06. The van der Waals surface area contributed by atoms with E-state index in [2.05, 4.69) is 5.10 Å². The number of hydrogen-bond acceptors (Lipinski definition) is 2. The van der Waals surface area contributed by atoms with Crippen LogP contribution in [-0.2, 0) is 11.8 Å². The second-order valence-electron chi connectivity index (χ2n) is 5.04. The van der Waals surface area contributed by atoms with Crippen LogP contribution in [0.3, 0.4) is 0 Å². The zero-order valence-corrected chi connectivity index (χ0v) is 11.1. The van der Waals surface area contributed by atoms with Crippen LogP contribution in [0.25, 0.3) is 0 Å². The number of nitrogens with one attached hydrogen (secondary N) is 1. The van der Waals surface area contributed by atoms with Crippen molar-refractivity contribution in [2.75, 3.05) is 13.1 Å². The Morgan fingerprint density at radius 2 is 2.33 bits per heavy atom. The number of carbonyl (C=O) groups excluding carboxylic acids is 1. The molecule has 1 aromatic rings. The van der Waals surface area contributed by atoms with Crippen LogP contribution in [0.15, 0.2) is 10.9 Å². The number of aromatic nitrogens is 2. The number of aromatic amines is 1. The summed E-state index contributed by atoms with van der Waals surface area (Å²) in [6.07, 6.45) is 3.56. The molecule has 0 aliphatic carbocycles. The fraction of sp³-hybridized carbons (Fsp3) is 0.692. The normalized spacial score (nSPS) is 20.1. The number of carbonyl (C=O) groups is 1. The third-order valence-corrected chi connectivity index (χ3v) is 3.58. The Labute approximate surface area is 107 Å². The fourth-order valence-corrected chi connectivity index (χ4v) is 2.55. The van der Waals surface area contributed by atoms with Gasteiger partial charge in [-0.3, -0.25) is 19.4 Å². The topological polar surface area (TPSA) is 58.1 Å². The van der Waals surface area contributed by atoms with Crippen molar-refractivity contribution < 1.29 is 4.79 Å². The molecule has 1 atom stereocenters. The predicted molar refractivity (Wildman–Crippen MR) is 69.5 cm³/mol. The van der Waals surface area contributed by atoms with Gasteiger partial charge in [0.05, 0.1) is 0 Å². The number of nitrogens with zero attached hydrogens (tertiary/aromatic N) is 2. The molecular weight excluding hydrogens is 230 g/mol. The van der Waals surface area contributed by atoms with Crippen molar-refractivity contribution in [1.29, 1.82) is 0 Å². The number of piperidine rings is 1. The van der Waals surface area contributed by atoms with E-state index in [4.69, 9.17) is 0 Å². The van der Waals surface area contributed by atoms with Gasteiger partial charge in [-0.1, -0.05) is 6.92 Å². The minimum absolute atomic E-state index is 0.0120. The molecule has 1 unspecified atom stereocenters. The zero-order chi connectivity index (χ0) is 13.1. The molecule has 18 heavy (non-hydrogen) atoms. The molecule has 1 fully saturated rings. The van der Waals surface area contributed by atoms with E-state index in [1.807, 2.05) is 11.8 Å². The van der Waals surface area contributed by atoms with Crippen molar-refractivity contribution in [2.24, 2.45) is 7.05 Å². The maximum absolute atomic E-state index is 11.9. The smallest absolute Gasteiger partial charge is 0.266 e. The quantitative estimate of drug-likeness (QED) is 0.878. The lowest BCUT2D eigenvalue weighted by Crippen LogP contribution is -2.39. The molecule has 0 saturated carbocycles. The van der Waals surface area contributed by atoms with Gasteiger partial charge in [-0.15, -0.1) is 0 Å². The molecule has 0 radical (unpaired) electrons. The summed E-state index contributed by atoms with van der Waals surface area (Å²) in [4.78, 5) is 25.3. The minimum atomic E-state index is -0.0120. The summed E-state index contributed by atoms with van der Waals surface area (Å²) in [7, 11) is 1.72. The molecule has 1 aliphatic heterocycles. The van der Waals surface area contributed by atoms with Crippen molar-refractivity contribution in [3.8, 4) is 0 Å². The molecule has 1 amide bonds. The number of H-pyrrole nitrogens is 1. The van der Waals surface area contributed by atoms with E-state index in [1.165, 1.54) is 4.68 Å². The highest BCUT2D eigenvalue weighted by Crippen LogP contribution is 2.25. The van der Waals surface area contributed by atoms with E-state index < -0.39 is 0 Å². The minimum Gasteiger partial charge on any atom is -0.342 e. The van der Waals surface area contributed by atoms with Gasteiger partial charge in [0, 0.05) is 44.2 Å². The van der Waals surface area contributed by atoms with Gasteiger partial charge in [0.15, 0.2) is 0 Å². The Hall–Kier alpha value is -1.52. The lowest BCUT2D eigenvalue weighted by molar-refractivity contribution is -0.132. The molecule has 0 spiro atoms. The first-order chi connectivity index (χ1) is 8.61. The monoisotopic (exact) mass is 251 g/mol. The SMILES string of the molecule is CCCC(=O)N1CCCC(c2cc(=O)n(C)[nH]2)C1. The molecule has 5 nitrogen and oxygen atoms in total. The van der Waals surface area contributed by atoms with E-state index in [9.17, 15) is 9.59 Å². The Kier molecular flexibility index (Phi) is 3.89. The fourth-order valence-electron chi connectivity index (χ4n) is 2.55.